The van der Waals surface area contributed by atoms with Gasteiger partial charge in [0, 0.05) is 18.9 Å². The molecule has 3 rings (SSSR count). The maximum Gasteiger partial charge on any atom is 0.271 e. The molecule has 1 amide bonds. The van der Waals surface area contributed by atoms with Crippen LogP contribution in [0.3, 0.4) is 0 Å². The summed E-state index contributed by atoms with van der Waals surface area (Å²) in [4.78, 5) is 12.5. The average Bonchev–Trinajstić information content (AvgIpc) is 3.25. The van der Waals surface area contributed by atoms with Crippen LogP contribution in [0.25, 0.3) is 5.69 Å². The summed E-state index contributed by atoms with van der Waals surface area (Å²) in [6.45, 7) is 0.733. The van der Waals surface area contributed by atoms with Crippen molar-refractivity contribution in [2.75, 3.05) is 6.54 Å². The molecule has 0 atom stereocenters. The molecule has 0 aliphatic rings. The van der Waals surface area contributed by atoms with Crippen LogP contribution in [0.1, 0.15) is 22.3 Å². The molecule has 0 radical (unpaired) electrons. The Morgan fingerprint density at radius 1 is 0.889 bits per heavy atom. The molecule has 0 saturated heterocycles. The van der Waals surface area contributed by atoms with Crippen molar-refractivity contribution in [2.24, 2.45) is 0 Å². The number of carbonyl (C=O) groups is 1. The Labute approximate surface area is 164 Å². The van der Waals surface area contributed by atoms with Gasteiger partial charge in [-0.2, -0.15) is 0 Å². The van der Waals surface area contributed by atoms with Crippen LogP contribution >= 0.6 is 12.2 Å². The molecule has 0 unspecified atom stereocenters. The van der Waals surface area contributed by atoms with Crippen molar-refractivity contribution in [2.45, 2.75) is 12.8 Å². The second kappa shape index (κ2) is 9.54. The maximum absolute atomic E-state index is 12.5. The van der Waals surface area contributed by atoms with E-state index in [-0.39, 0.29) is 5.91 Å². The van der Waals surface area contributed by atoms with Crippen LogP contribution in [0.2, 0.25) is 0 Å². The number of carbonyl (C=O) groups excluding carboxylic acids is 1. The molecule has 1 heterocycles. The lowest BCUT2D eigenvalue weighted by molar-refractivity contribution is 0.0943. The first-order valence-corrected chi connectivity index (χ1v) is 9.25. The highest BCUT2D eigenvalue weighted by atomic mass is 32.1. The lowest BCUT2D eigenvalue weighted by atomic mass is 10.1. The first-order valence-electron chi connectivity index (χ1n) is 8.84. The number of rotatable bonds is 6. The van der Waals surface area contributed by atoms with Crippen LogP contribution in [-0.2, 0) is 6.42 Å². The van der Waals surface area contributed by atoms with E-state index < -0.39 is 0 Å². The molecule has 3 aromatic rings. The molecule has 2 aromatic carbocycles. The summed E-state index contributed by atoms with van der Waals surface area (Å²) in [5, 5.41) is 3.50. The van der Waals surface area contributed by atoms with Gasteiger partial charge in [-0.1, -0.05) is 42.5 Å². The molecule has 0 saturated carbocycles. The third kappa shape index (κ3) is 5.43. The van der Waals surface area contributed by atoms with Crippen LogP contribution in [0, 0.1) is 0 Å². The Kier molecular flexibility index (Phi) is 6.60. The summed E-state index contributed by atoms with van der Waals surface area (Å²) in [6, 6.07) is 21.6. The van der Waals surface area contributed by atoms with Gasteiger partial charge in [-0.05, 0) is 54.9 Å². The molecule has 0 aliphatic heterocycles. The predicted octanol–water partition coefficient (Wildman–Crippen LogP) is 3.22. The van der Waals surface area contributed by atoms with Gasteiger partial charge in [0.25, 0.3) is 5.91 Å². The summed E-state index contributed by atoms with van der Waals surface area (Å²) >= 11 is 5.22. The van der Waals surface area contributed by atoms with Gasteiger partial charge in [0.15, 0.2) is 5.11 Å². The molecule has 6 heteroatoms. The van der Waals surface area contributed by atoms with E-state index in [1.165, 1.54) is 5.56 Å². The number of aromatic nitrogens is 1. The van der Waals surface area contributed by atoms with Crippen LogP contribution in [0.5, 0.6) is 0 Å². The summed E-state index contributed by atoms with van der Waals surface area (Å²) in [5.41, 5.74) is 8.09. The van der Waals surface area contributed by atoms with E-state index in [1.807, 2.05) is 65.5 Å². The maximum atomic E-state index is 12.5. The highest BCUT2D eigenvalue weighted by Gasteiger charge is 2.11. The molecule has 0 bridgehead atoms. The number of hydrogen-bond donors (Lipinski definition) is 3. The zero-order valence-electron chi connectivity index (χ0n) is 14.9. The molecule has 27 heavy (non-hydrogen) atoms. The fourth-order valence-corrected chi connectivity index (χ4v) is 2.90. The Morgan fingerprint density at radius 2 is 1.59 bits per heavy atom. The van der Waals surface area contributed by atoms with Crippen LogP contribution in [0.4, 0.5) is 0 Å². The first-order chi connectivity index (χ1) is 13.2. The molecule has 1 aromatic heterocycles. The number of amides is 1. The van der Waals surface area contributed by atoms with Gasteiger partial charge < -0.3 is 9.88 Å². The Bertz CT molecular complexity index is 878. The van der Waals surface area contributed by atoms with Crippen molar-refractivity contribution in [1.29, 1.82) is 0 Å². The highest BCUT2D eigenvalue weighted by molar-refractivity contribution is 7.80. The third-order valence-corrected chi connectivity index (χ3v) is 4.34. The van der Waals surface area contributed by atoms with Crippen molar-refractivity contribution in [3.8, 4) is 5.69 Å². The van der Waals surface area contributed by atoms with Gasteiger partial charge in [0.1, 0.15) is 0 Å². The van der Waals surface area contributed by atoms with Gasteiger partial charge >= 0.3 is 0 Å². The quantitative estimate of drug-likeness (QED) is 0.350. The van der Waals surface area contributed by atoms with Crippen LogP contribution in [0.15, 0.2) is 79.1 Å². The molecule has 0 aliphatic carbocycles. The highest BCUT2D eigenvalue weighted by Crippen LogP contribution is 2.14. The van der Waals surface area contributed by atoms with Gasteiger partial charge in [0.2, 0.25) is 0 Å². The van der Waals surface area contributed by atoms with E-state index in [9.17, 15) is 4.79 Å². The van der Waals surface area contributed by atoms with Gasteiger partial charge in [-0.25, -0.2) is 0 Å². The van der Waals surface area contributed by atoms with Crippen molar-refractivity contribution >= 4 is 23.2 Å². The number of aryl methyl sites for hydroxylation is 1. The van der Waals surface area contributed by atoms with E-state index >= 15 is 0 Å². The smallest absolute Gasteiger partial charge is 0.271 e. The SMILES string of the molecule is O=C(NNC(=S)NCCCc1ccccc1)c1ccccc1-n1cccc1. The van der Waals surface area contributed by atoms with Crippen molar-refractivity contribution in [1.82, 2.24) is 20.7 Å². The second-order valence-electron chi connectivity index (χ2n) is 6.03. The first kappa shape index (κ1) is 18.7. The van der Waals surface area contributed by atoms with Crippen LogP contribution in [-0.4, -0.2) is 22.1 Å². The molecule has 5 nitrogen and oxygen atoms in total. The van der Waals surface area contributed by atoms with Crippen LogP contribution < -0.4 is 16.2 Å². The van der Waals surface area contributed by atoms with E-state index in [2.05, 4.69) is 28.3 Å². The largest absolute Gasteiger partial charge is 0.361 e. The van der Waals surface area contributed by atoms with E-state index in [0.29, 0.717) is 10.7 Å². The normalized spacial score (nSPS) is 10.2. The lowest BCUT2D eigenvalue weighted by Gasteiger charge is -2.14. The summed E-state index contributed by atoms with van der Waals surface area (Å²) in [5.74, 6) is -0.243. The number of nitrogens with one attached hydrogen (secondary N) is 3. The van der Waals surface area contributed by atoms with E-state index in [0.717, 1.165) is 25.1 Å². The molecule has 138 valence electrons. The van der Waals surface area contributed by atoms with Gasteiger partial charge in [-0.15, -0.1) is 0 Å². The second-order valence-corrected chi connectivity index (χ2v) is 6.44. The average molecular weight is 379 g/mol. The monoisotopic (exact) mass is 378 g/mol. The Morgan fingerprint density at radius 3 is 2.37 bits per heavy atom. The summed E-state index contributed by atoms with van der Waals surface area (Å²) < 4.78 is 1.90. The zero-order valence-corrected chi connectivity index (χ0v) is 15.7. The van der Waals surface area contributed by atoms with Gasteiger partial charge in [-0.3, -0.25) is 15.6 Å². The Hall–Kier alpha value is -3.12. The standard InChI is InChI=1S/C21H22N4OS/c26-20(18-12-4-5-13-19(18)25-15-6-7-16-25)23-24-21(27)22-14-8-11-17-9-2-1-3-10-17/h1-7,9-10,12-13,15-16H,8,11,14H2,(H,23,26)(H2,22,24,27). The minimum absolute atomic E-state index is 0.243. The minimum Gasteiger partial charge on any atom is -0.361 e. The molecular formula is C21H22N4OS. The Balaban J connectivity index is 1.45. The van der Waals surface area contributed by atoms with Crippen molar-refractivity contribution < 1.29 is 4.79 Å². The fourth-order valence-electron chi connectivity index (χ4n) is 2.75. The minimum atomic E-state index is -0.243. The summed E-state index contributed by atoms with van der Waals surface area (Å²) in [6.07, 6.45) is 5.74. The molecule has 0 spiro atoms. The number of benzene rings is 2. The van der Waals surface area contributed by atoms with Crippen molar-refractivity contribution in [3.63, 3.8) is 0 Å². The molecular weight excluding hydrogens is 356 g/mol. The van der Waals surface area contributed by atoms with Gasteiger partial charge in [0.05, 0.1) is 11.3 Å². The number of hydrogen-bond acceptors (Lipinski definition) is 2. The molecule has 3 N–H and O–H groups in total. The third-order valence-electron chi connectivity index (χ3n) is 4.09. The fraction of sp³-hybridized carbons (Fsp3) is 0.143. The summed E-state index contributed by atoms with van der Waals surface area (Å²) in [7, 11) is 0. The zero-order chi connectivity index (χ0) is 18.9. The van der Waals surface area contributed by atoms with E-state index in [4.69, 9.17) is 12.2 Å². The van der Waals surface area contributed by atoms with Crippen molar-refractivity contribution in [3.05, 3.63) is 90.3 Å². The lowest BCUT2D eigenvalue weighted by Crippen LogP contribution is -2.47. The number of hydrazine groups is 1. The molecule has 0 fully saturated rings. The number of para-hydroxylation sites is 1. The number of nitrogens with zero attached hydrogens (tertiary/aromatic N) is 1. The number of thiocarbonyl (C=S) groups is 1. The predicted molar refractivity (Wildman–Crippen MR) is 112 cm³/mol. The van der Waals surface area contributed by atoms with E-state index in [1.54, 1.807) is 6.07 Å². The topological polar surface area (TPSA) is 58.1 Å².